The fourth-order valence-corrected chi connectivity index (χ4v) is 12.9. The molecule has 6 rings (SSSR count). The van der Waals surface area contributed by atoms with E-state index in [4.69, 9.17) is 0 Å². The van der Waals surface area contributed by atoms with Crippen LogP contribution >= 0.6 is 39.4 Å². The number of halogens is 2. The summed E-state index contributed by atoms with van der Waals surface area (Å²) in [5.74, 6) is 0. The minimum absolute atomic E-state index is 0. The Morgan fingerprint density at radius 1 is 0.463 bits per heavy atom. The molecule has 41 heavy (non-hydrogen) atoms. The van der Waals surface area contributed by atoms with Gasteiger partial charge in [-0.05, 0) is 32.0 Å². The summed E-state index contributed by atoms with van der Waals surface area (Å²) in [5.41, 5.74) is 0. The van der Waals surface area contributed by atoms with E-state index in [0.29, 0.717) is 12.8 Å². The van der Waals surface area contributed by atoms with Gasteiger partial charge < -0.3 is 35.0 Å². The van der Waals surface area contributed by atoms with Gasteiger partial charge in [0.25, 0.3) is 0 Å². The molecule has 4 aromatic carbocycles. The van der Waals surface area contributed by atoms with Gasteiger partial charge in [-0.25, -0.2) is 0 Å². The maximum absolute atomic E-state index is 11.0. The van der Waals surface area contributed by atoms with Crippen LogP contribution < -0.4 is 46.0 Å². The van der Waals surface area contributed by atoms with Crippen molar-refractivity contribution >= 4 is 60.6 Å². The van der Waals surface area contributed by atoms with Crippen molar-refractivity contribution in [2.75, 3.05) is 0 Å². The molecule has 0 saturated carbocycles. The largest absolute Gasteiger partial charge is 2.00 e. The Balaban J connectivity index is 0.000000267. The second-order valence-corrected chi connectivity index (χ2v) is 16.7. The monoisotopic (exact) mass is 732 g/mol. The summed E-state index contributed by atoms with van der Waals surface area (Å²) >= 11 is 3.09. The summed E-state index contributed by atoms with van der Waals surface area (Å²) in [4.78, 5) is 0. The van der Waals surface area contributed by atoms with Crippen LogP contribution in [0.2, 0.25) is 0 Å². The van der Waals surface area contributed by atoms with E-state index in [2.05, 4.69) is 60.7 Å². The Bertz CT molecular complexity index is 1170. The Morgan fingerprint density at radius 3 is 0.902 bits per heavy atom. The van der Waals surface area contributed by atoms with Crippen LogP contribution in [0.25, 0.3) is 0 Å². The molecule has 2 aliphatic heterocycles. The van der Waals surface area contributed by atoms with Crippen molar-refractivity contribution in [3.8, 4) is 0 Å². The van der Waals surface area contributed by atoms with Crippen molar-refractivity contribution in [1.82, 2.24) is 0 Å². The van der Waals surface area contributed by atoms with E-state index < -0.39 is 25.2 Å². The van der Waals surface area contributed by atoms with E-state index in [0.717, 1.165) is 0 Å². The topological polar surface area (TPSA) is 40.5 Å². The summed E-state index contributed by atoms with van der Waals surface area (Å²) in [5, 5.41) is 30.9. The number of rotatable bonds is 6. The van der Waals surface area contributed by atoms with E-state index in [1.165, 1.54) is 21.2 Å². The minimum Gasteiger partial charge on any atom is -1.00 e. The predicted octanol–water partition coefficient (Wildman–Crippen LogP) is 0.838. The molecule has 210 valence electrons. The first kappa shape index (κ1) is 36.5. The van der Waals surface area contributed by atoms with Gasteiger partial charge in [-0.1, -0.05) is 157 Å². The molecule has 2 N–H and O–H groups in total. The van der Waals surface area contributed by atoms with Gasteiger partial charge in [0, 0.05) is 28.7 Å². The molecule has 0 fully saturated rings. The van der Waals surface area contributed by atoms with Crippen molar-refractivity contribution in [2.24, 2.45) is 0 Å². The summed E-state index contributed by atoms with van der Waals surface area (Å²) in [6, 6.07) is 41.4. The molecular formula is C32H30Cl2O2P2S2Zr. The SMILES string of the molecule is OC1(P(c2ccccc2)c2ccccc2)CC=CS1.OC1(P(c2ccccc2)c2ccccc2)CC=CS1.[Cl-].[Cl-].[Zr+2]. The number of benzene rings is 4. The van der Waals surface area contributed by atoms with Gasteiger partial charge in [-0.3, -0.25) is 0 Å². The predicted molar refractivity (Wildman–Crippen MR) is 171 cm³/mol. The van der Waals surface area contributed by atoms with Crippen molar-refractivity contribution in [3.63, 3.8) is 0 Å². The van der Waals surface area contributed by atoms with Crippen molar-refractivity contribution in [2.45, 2.75) is 22.2 Å². The summed E-state index contributed by atoms with van der Waals surface area (Å²) < 4.78 is -1.42. The molecule has 9 heteroatoms. The van der Waals surface area contributed by atoms with Crippen molar-refractivity contribution in [1.29, 1.82) is 0 Å². The molecule has 0 saturated heterocycles. The summed E-state index contributed by atoms with van der Waals surface area (Å²) in [6.45, 7) is 0. The van der Waals surface area contributed by atoms with Gasteiger partial charge in [0.15, 0.2) is 0 Å². The maximum atomic E-state index is 11.0. The first-order chi connectivity index (χ1) is 18.6. The number of aliphatic hydroxyl groups is 2. The fraction of sp³-hybridized carbons (Fsp3) is 0.125. The van der Waals surface area contributed by atoms with Gasteiger partial charge in [-0.15, -0.1) is 0 Å². The van der Waals surface area contributed by atoms with Crippen LogP contribution in [0.3, 0.4) is 0 Å². The molecule has 0 aliphatic carbocycles. The molecular weight excluding hydrogens is 705 g/mol. The Labute approximate surface area is 286 Å². The van der Waals surface area contributed by atoms with Crippen LogP contribution in [0.4, 0.5) is 0 Å². The maximum Gasteiger partial charge on any atom is 2.00 e. The van der Waals surface area contributed by atoms with Crippen LogP contribution in [0.5, 0.6) is 0 Å². The van der Waals surface area contributed by atoms with E-state index in [1.807, 2.05) is 83.6 Å². The average Bonchev–Trinajstić information content (AvgIpc) is 3.61. The van der Waals surface area contributed by atoms with Crippen molar-refractivity contribution in [3.05, 3.63) is 144 Å². The molecule has 4 aromatic rings. The first-order valence-corrected chi connectivity index (χ1v) is 16.9. The standard InChI is InChI=1S/2C16H15OPS.2ClH.Zr/c2*17-16(12-7-13-19-16)18(14-8-3-1-4-9-14)15-10-5-2-6-11-15;;;/h2*1-11,13,17H,12H2;2*1H;/q;;;;+2/p-2. The van der Waals surface area contributed by atoms with Crippen LogP contribution in [0.15, 0.2) is 144 Å². The fourth-order valence-electron chi connectivity index (χ4n) is 4.51. The Morgan fingerprint density at radius 2 is 0.707 bits per heavy atom. The quantitative estimate of drug-likeness (QED) is 0.289. The van der Waals surface area contributed by atoms with Gasteiger partial charge in [-0.2, -0.15) is 0 Å². The molecule has 0 bridgehead atoms. The average molecular weight is 735 g/mol. The molecule has 0 aromatic heterocycles. The minimum atomic E-state index is -0.778. The number of thioether (sulfide) groups is 2. The van der Waals surface area contributed by atoms with Crippen LogP contribution in [0, 0.1) is 0 Å². The van der Waals surface area contributed by atoms with Gasteiger partial charge >= 0.3 is 26.2 Å². The number of hydrogen-bond donors (Lipinski definition) is 2. The molecule has 2 unspecified atom stereocenters. The third-order valence-corrected chi connectivity index (χ3v) is 14.7. The first-order valence-electron chi connectivity index (χ1n) is 12.5. The van der Waals surface area contributed by atoms with Gasteiger partial charge in [0.1, 0.15) is 9.35 Å². The molecule has 0 radical (unpaired) electrons. The molecule has 2 atom stereocenters. The zero-order valence-electron chi connectivity index (χ0n) is 22.1. The van der Waals surface area contributed by atoms with Crippen LogP contribution in [0.1, 0.15) is 12.8 Å². The second kappa shape index (κ2) is 17.6. The van der Waals surface area contributed by atoms with Gasteiger partial charge in [0.2, 0.25) is 0 Å². The van der Waals surface area contributed by atoms with E-state index in [-0.39, 0.29) is 51.0 Å². The van der Waals surface area contributed by atoms with E-state index >= 15 is 0 Å². The van der Waals surface area contributed by atoms with E-state index in [1.54, 1.807) is 23.5 Å². The third kappa shape index (κ3) is 9.15. The second-order valence-electron chi connectivity index (χ2n) is 8.89. The molecule has 2 heterocycles. The Kier molecular flexibility index (Phi) is 15.6. The summed E-state index contributed by atoms with van der Waals surface area (Å²) in [7, 11) is -1.56. The molecule has 2 nitrogen and oxygen atoms in total. The molecule has 0 amide bonds. The zero-order chi connectivity index (χ0) is 26.3. The van der Waals surface area contributed by atoms with E-state index in [9.17, 15) is 10.2 Å². The third-order valence-electron chi connectivity index (χ3n) is 6.23. The summed E-state index contributed by atoms with van der Waals surface area (Å²) in [6.07, 6.45) is 5.55. The van der Waals surface area contributed by atoms with Gasteiger partial charge in [0.05, 0.1) is 0 Å². The molecule has 0 spiro atoms. The van der Waals surface area contributed by atoms with Crippen LogP contribution in [-0.4, -0.2) is 19.6 Å². The Hall–Kier alpha value is -0.697. The molecule has 2 aliphatic rings. The smallest absolute Gasteiger partial charge is 1.00 e. The van der Waals surface area contributed by atoms with Crippen molar-refractivity contribution < 1.29 is 61.2 Å². The zero-order valence-corrected chi connectivity index (χ0v) is 29.5. The van der Waals surface area contributed by atoms with Crippen LogP contribution in [-0.2, 0) is 26.2 Å². The normalized spacial score (nSPS) is 20.4. The number of hydrogen-bond acceptors (Lipinski definition) is 4.